The molecule has 2 atom stereocenters. The number of carbonyl (C=O) groups excluding carboxylic acids is 1. The van der Waals surface area contributed by atoms with Gasteiger partial charge in [-0.2, -0.15) is 0 Å². The molecule has 2 unspecified atom stereocenters. The number of hydrogen-bond acceptors (Lipinski definition) is 3. The molecule has 0 aromatic heterocycles. The maximum Gasteiger partial charge on any atom is 0.308 e. The van der Waals surface area contributed by atoms with E-state index in [4.69, 9.17) is 5.11 Å². The zero-order valence-corrected chi connectivity index (χ0v) is 11.8. The largest absolute Gasteiger partial charge is 0.481 e. The molecule has 0 bridgehead atoms. The fraction of sp³-hybridized carbons (Fsp3) is 0.467. The SMILES string of the molecule is CC(NC(=O)c1ccc2c(c1)CNCC2)C(C)C(=O)O. The van der Waals surface area contributed by atoms with Gasteiger partial charge in [0.15, 0.2) is 0 Å². The molecule has 1 aliphatic rings. The highest BCUT2D eigenvalue weighted by Crippen LogP contribution is 2.16. The van der Waals surface area contributed by atoms with Crippen molar-refractivity contribution in [3.8, 4) is 0 Å². The van der Waals surface area contributed by atoms with Crippen molar-refractivity contribution in [2.45, 2.75) is 32.9 Å². The summed E-state index contributed by atoms with van der Waals surface area (Å²) in [5, 5.41) is 14.9. The van der Waals surface area contributed by atoms with Gasteiger partial charge in [0.1, 0.15) is 0 Å². The maximum absolute atomic E-state index is 12.1. The molecule has 1 aromatic carbocycles. The van der Waals surface area contributed by atoms with Gasteiger partial charge in [-0.3, -0.25) is 9.59 Å². The summed E-state index contributed by atoms with van der Waals surface area (Å²) in [6.45, 7) is 5.03. The molecule has 5 nitrogen and oxygen atoms in total. The first-order chi connectivity index (χ1) is 9.49. The van der Waals surface area contributed by atoms with E-state index in [1.165, 1.54) is 5.56 Å². The molecule has 0 saturated carbocycles. The van der Waals surface area contributed by atoms with Crippen LogP contribution in [0.25, 0.3) is 0 Å². The van der Waals surface area contributed by atoms with Gasteiger partial charge in [-0.15, -0.1) is 0 Å². The Morgan fingerprint density at radius 2 is 2.05 bits per heavy atom. The number of fused-ring (bicyclic) bond motifs is 1. The van der Waals surface area contributed by atoms with Gasteiger partial charge in [0.05, 0.1) is 5.92 Å². The molecule has 0 aliphatic carbocycles. The van der Waals surface area contributed by atoms with Gasteiger partial charge in [-0.05, 0) is 50.1 Å². The van der Waals surface area contributed by atoms with Crippen LogP contribution in [0.1, 0.15) is 35.3 Å². The predicted octanol–water partition coefficient (Wildman–Crippen LogP) is 1.17. The Labute approximate surface area is 118 Å². The van der Waals surface area contributed by atoms with Crippen LogP contribution >= 0.6 is 0 Å². The molecular weight excluding hydrogens is 256 g/mol. The van der Waals surface area contributed by atoms with Crippen molar-refractivity contribution in [1.82, 2.24) is 10.6 Å². The second-order valence-corrected chi connectivity index (χ2v) is 5.30. The molecule has 1 aromatic rings. The molecule has 1 heterocycles. The Kier molecular flexibility index (Phi) is 4.39. The zero-order chi connectivity index (χ0) is 14.7. The van der Waals surface area contributed by atoms with E-state index >= 15 is 0 Å². The highest BCUT2D eigenvalue weighted by Gasteiger charge is 2.22. The molecule has 20 heavy (non-hydrogen) atoms. The number of carbonyl (C=O) groups is 2. The van der Waals surface area contributed by atoms with Gasteiger partial charge in [0, 0.05) is 18.2 Å². The Morgan fingerprint density at radius 3 is 2.75 bits per heavy atom. The van der Waals surface area contributed by atoms with Crippen molar-refractivity contribution in [3.05, 3.63) is 34.9 Å². The summed E-state index contributed by atoms with van der Waals surface area (Å²) >= 11 is 0. The molecule has 0 fully saturated rings. The summed E-state index contributed by atoms with van der Waals surface area (Å²) in [6.07, 6.45) is 0.976. The lowest BCUT2D eigenvalue weighted by molar-refractivity contribution is -0.141. The fourth-order valence-electron chi connectivity index (χ4n) is 2.25. The van der Waals surface area contributed by atoms with Crippen LogP contribution < -0.4 is 10.6 Å². The first-order valence-corrected chi connectivity index (χ1v) is 6.85. The van der Waals surface area contributed by atoms with E-state index in [1.807, 2.05) is 12.1 Å². The third kappa shape index (κ3) is 3.17. The number of hydrogen-bond donors (Lipinski definition) is 3. The van der Waals surface area contributed by atoms with Gasteiger partial charge < -0.3 is 15.7 Å². The summed E-state index contributed by atoms with van der Waals surface area (Å²) in [4.78, 5) is 23.0. The highest BCUT2D eigenvalue weighted by atomic mass is 16.4. The summed E-state index contributed by atoms with van der Waals surface area (Å²) in [5.41, 5.74) is 2.99. The van der Waals surface area contributed by atoms with E-state index in [9.17, 15) is 9.59 Å². The van der Waals surface area contributed by atoms with Crippen molar-refractivity contribution in [2.24, 2.45) is 5.92 Å². The van der Waals surface area contributed by atoms with E-state index in [0.29, 0.717) is 5.56 Å². The second kappa shape index (κ2) is 6.05. The standard InChI is InChI=1S/C15H20N2O3/c1-9(15(19)20)10(2)17-14(18)12-4-3-11-5-6-16-8-13(11)7-12/h3-4,7,9-10,16H,5-6,8H2,1-2H3,(H,17,18)(H,19,20). The number of rotatable bonds is 4. The highest BCUT2D eigenvalue weighted by molar-refractivity contribution is 5.95. The van der Waals surface area contributed by atoms with E-state index in [0.717, 1.165) is 25.1 Å². The predicted molar refractivity (Wildman–Crippen MR) is 75.6 cm³/mol. The molecule has 2 rings (SSSR count). The fourth-order valence-corrected chi connectivity index (χ4v) is 2.25. The Morgan fingerprint density at radius 1 is 1.30 bits per heavy atom. The molecular formula is C15H20N2O3. The van der Waals surface area contributed by atoms with Crippen molar-refractivity contribution in [2.75, 3.05) is 6.54 Å². The van der Waals surface area contributed by atoms with Crippen LogP contribution in [0.3, 0.4) is 0 Å². The lowest BCUT2D eigenvalue weighted by Crippen LogP contribution is -2.40. The molecule has 108 valence electrons. The molecule has 3 N–H and O–H groups in total. The molecule has 0 spiro atoms. The van der Waals surface area contributed by atoms with Gasteiger partial charge in [-0.1, -0.05) is 6.07 Å². The van der Waals surface area contributed by atoms with E-state index in [2.05, 4.69) is 10.6 Å². The first-order valence-electron chi connectivity index (χ1n) is 6.85. The van der Waals surface area contributed by atoms with Crippen molar-refractivity contribution >= 4 is 11.9 Å². The van der Waals surface area contributed by atoms with Crippen LogP contribution in [0.15, 0.2) is 18.2 Å². The van der Waals surface area contributed by atoms with Crippen molar-refractivity contribution in [3.63, 3.8) is 0 Å². The molecule has 1 amide bonds. The van der Waals surface area contributed by atoms with E-state index < -0.39 is 17.9 Å². The summed E-state index contributed by atoms with van der Waals surface area (Å²) in [7, 11) is 0. The molecule has 5 heteroatoms. The smallest absolute Gasteiger partial charge is 0.308 e. The number of nitrogens with one attached hydrogen (secondary N) is 2. The Bertz CT molecular complexity index is 528. The second-order valence-electron chi connectivity index (χ2n) is 5.30. The number of carboxylic acid groups (broad SMARTS) is 1. The molecule has 0 saturated heterocycles. The minimum absolute atomic E-state index is 0.223. The average molecular weight is 276 g/mol. The maximum atomic E-state index is 12.1. The Hall–Kier alpha value is -1.88. The lowest BCUT2D eigenvalue weighted by atomic mass is 9.98. The van der Waals surface area contributed by atoms with Crippen molar-refractivity contribution < 1.29 is 14.7 Å². The van der Waals surface area contributed by atoms with Crippen LogP contribution in [-0.4, -0.2) is 29.6 Å². The average Bonchev–Trinajstić information content (AvgIpc) is 2.45. The van der Waals surface area contributed by atoms with Gasteiger partial charge in [0.2, 0.25) is 0 Å². The topological polar surface area (TPSA) is 78.4 Å². The zero-order valence-electron chi connectivity index (χ0n) is 11.8. The van der Waals surface area contributed by atoms with Gasteiger partial charge >= 0.3 is 5.97 Å². The van der Waals surface area contributed by atoms with Crippen LogP contribution in [0.2, 0.25) is 0 Å². The van der Waals surface area contributed by atoms with Crippen molar-refractivity contribution in [1.29, 1.82) is 0 Å². The summed E-state index contributed by atoms with van der Waals surface area (Å²) < 4.78 is 0. The Balaban J connectivity index is 2.08. The number of carboxylic acids is 1. The lowest BCUT2D eigenvalue weighted by Gasteiger charge is -2.20. The monoisotopic (exact) mass is 276 g/mol. The van der Waals surface area contributed by atoms with E-state index in [-0.39, 0.29) is 5.91 Å². The van der Waals surface area contributed by atoms with Crippen LogP contribution in [-0.2, 0) is 17.8 Å². The van der Waals surface area contributed by atoms with Crippen LogP contribution in [0.5, 0.6) is 0 Å². The molecule has 0 radical (unpaired) electrons. The number of aliphatic carboxylic acids is 1. The van der Waals surface area contributed by atoms with E-state index in [1.54, 1.807) is 19.9 Å². The van der Waals surface area contributed by atoms with Gasteiger partial charge in [-0.25, -0.2) is 0 Å². The normalized spacial score (nSPS) is 16.9. The summed E-state index contributed by atoms with van der Waals surface area (Å²) in [5.74, 6) is -1.75. The van der Waals surface area contributed by atoms with Crippen LogP contribution in [0, 0.1) is 5.92 Å². The molecule has 1 aliphatic heterocycles. The minimum Gasteiger partial charge on any atom is -0.481 e. The number of benzene rings is 1. The van der Waals surface area contributed by atoms with Gasteiger partial charge in [0.25, 0.3) is 5.91 Å². The van der Waals surface area contributed by atoms with Crippen LogP contribution in [0.4, 0.5) is 0 Å². The third-order valence-corrected chi connectivity index (χ3v) is 3.85. The summed E-state index contributed by atoms with van der Waals surface area (Å²) in [6, 6.07) is 5.26. The minimum atomic E-state index is -0.910. The third-order valence-electron chi connectivity index (χ3n) is 3.85. The quantitative estimate of drug-likeness (QED) is 0.771. The number of amides is 1. The first kappa shape index (κ1) is 14.5.